The molecule has 0 aliphatic carbocycles. The maximum atomic E-state index is 6.03. The molecule has 1 aliphatic heterocycles. The molecule has 96 valence electrons. The van der Waals surface area contributed by atoms with Crippen LogP contribution in [0.15, 0.2) is 12.1 Å². The van der Waals surface area contributed by atoms with E-state index in [9.17, 15) is 0 Å². The van der Waals surface area contributed by atoms with Crippen molar-refractivity contribution in [3.8, 4) is 0 Å². The van der Waals surface area contributed by atoms with Gasteiger partial charge in [-0.15, -0.1) is 11.3 Å². The summed E-state index contributed by atoms with van der Waals surface area (Å²) in [5.74, 6) is 0. The lowest BCUT2D eigenvalue weighted by molar-refractivity contribution is -0.00740. The van der Waals surface area contributed by atoms with Crippen molar-refractivity contribution in [3.63, 3.8) is 0 Å². The fourth-order valence-corrected chi connectivity index (χ4v) is 3.43. The van der Waals surface area contributed by atoms with E-state index in [1.54, 1.807) is 11.3 Å². The minimum atomic E-state index is 0.310. The van der Waals surface area contributed by atoms with E-state index in [0.717, 1.165) is 30.3 Å². The molecule has 1 saturated heterocycles. The van der Waals surface area contributed by atoms with Crippen LogP contribution >= 0.6 is 22.9 Å². The molecule has 1 aliphatic rings. The Hall–Kier alpha value is -0.0900. The van der Waals surface area contributed by atoms with Crippen LogP contribution in [0, 0.1) is 0 Å². The standard InChI is InChI=1S/C13H20ClNOS/c1-2-8-15-13(10-5-3-4-9-16-10)11-6-7-12(14)17-11/h6-7,10,13,15H,2-5,8-9H2,1H3. The van der Waals surface area contributed by atoms with E-state index in [4.69, 9.17) is 16.3 Å². The van der Waals surface area contributed by atoms with Crippen LogP contribution in [0.1, 0.15) is 43.5 Å². The Kier molecular flexibility index (Phi) is 5.29. The van der Waals surface area contributed by atoms with Crippen LogP contribution in [0.25, 0.3) is 0 Å². The maximum Gasteiger partial charge on any atom is 0.0931 e. The lowest BCUT2D eigenvalue weighted by Crippen LogP contribution is -2.35. The van der Waals surface area contributed by atoms with Crippen LogP contribution in [-0.4, -0.2) is 19.3 Å². The van der Waals surface area contributed by atoms with Crippen molar-refractivity contribution in [1.82, 2.24) is 5.32 Å². The molecule has 1 N–H and O–H groups in total. The van der Waals surface area contributed by atoms with Gasteiger partial charge in [-0.05, 0) is 44.4 Å². The minimum absolute atomic E-state index is 0.310. The van der Waals surface area contributed by atoms with Crippen LogP contribution in [0.3, 0.4) is 0 Å². The van der Waals surface area contributed by atoms with Crippen molar-refractivity contribution in [2.75, 3.05) is 13.2 Å². The van der Waals surface area contributed by atoms with Gasteiger partial charge in [0.2, 0.25) is 0 Å². The smallest absolute Gasteiger partial charge is 0.0931 e. The van der Waals surface area contributed by atoms with Gasteiger partial charge in [-0.1, -0.05) is 18.5 Å². The lowest BCUT2D eigenvalue weighted by Gasteiger charge is -2.30. The molecule has 2 rings (SSSR count). The quantitative estimate of drug-likeness (QED) is 0.875. The molecule has 1 aromatic rings. The van der Waals surface area contributed by atoms with Gasteiger partial charge in [-0.2, -0.15) is 0 Å². The maximum absolute atomic E-state index is 6.03. The Morgan fingerprint density at radius 1 is 1.53 bits per heavy atom. The van der Waals surface area contributed by atoms with E-state index in [-0.39, 0.29) is 0 Å². The van der Waals surface area contributed by atoms with Crippen molar-refractivity contribution in [2.24, 2.45) is 0 Å². The summed E-state index contributed by atoms with van der Waals surface area (Å²) in [7, 11) is 0. The summed E-state index contributed by atoms with van der Waals surface area (Å²) in [6.45, 7) is 4.11. The van der Waals surface area contributed by atoms with Gasteiger partial charge in [0.15, 0.2) is 0 Å². The summed E-state index contributed by atoms with van der Waals surface area (Å²) in [6.07, 6.45) is 5.07. The predicted octanol–water partition coefficient (Wildman–Crippen LogP) is 4.01. The van der Waals surface area contributed by atoms with Crippen LogP contribution in [0.5, 0.6) is 0 Å². The molecule has 0 amide bonds. The topological polar surface area (TPSA) is 21.3 Å². The van der Waals surface area contributed by atoms with Crippen LogP contribution in [-0.2, 0) is 4.74 Å². The molecule has 1 fully saturated rings. The first-order chi connectivity index (χ1) is 8.31. The number of hydrogen-bond acceptors (Lipinski definition) is 3. The second-order valence-corrected chi connectivity index (χ2v) is 6.23. The van der Waals surface area contributed by atoms with E-state index in [1.807, 2.05) is 6.07 Å². The average molecular weight is 274 g/mol. The molecule has 0 bridgehead atoms. The highest BCUT2D eigenvalue weighted by atomic mass is 35.5. The van der Waals surface area contributed by atoms with Gasteiger partial charge in [-0.25, -0.2) is 0 Å². The van der Waals surface area contributed by atoms with Crippen molar-refractivity contribution < 1.29 is 4.74 Å². The molecular formula is C13H20ClNOS. The van der Waals surface area contributed by atoms with Gasteiger partial charge < -0.3 is 10.1 Å². The van der Waals surface area contributed by atoms with Gasteiger partial charge in [-0.3, -0.25) is 0 Å². The van der Waals surface area contributed by atoms with Gasteiger partial charge in [0.1, 0.15) is 0 Å². The van der Waals surface area contributed by atoms with Crippen molar-refractivity contribution in [2.45, 2.75) is 44.8 Å². The molecule has 17 heavy (non-hydrogen) atoms. The predicted molar refractivity (Wildman–Crippen MR) is 74.0 cm³/mol. The Labute approximate surface area is 112 Å². The van der Waals surface area contributed by atoms with Gasteiger partial charge in [0, 0.05) is 11.5 Å². The number of hydrogen-bond donors (Lipinski definition) is 1. The van der Waals surface area contributed by atoms with Gasteiger partial charge in [0.05, 0.1) is 16.5 Å². The molecule has 2 atom stereocenters. The Bertz CT molecular complexity index is 336. The molecule has 1 aromatic heterocycles. The van der Waals surface area contributed by atoms with Gasteiger partial charge in [0.25, 0.3) is 0 Å². The average Bonchev–Trinajstić information content (AvgIpc) is 2.78. The van der Waals surface area contributed by atoms with Crippen LogP contribution in [0.2, 0.25) is 4.34 Å². The van der Waals surface area contributed by atoms with Crippen molar-refractivity contribution in [3.05, 3.63) is 21.3 Å². The molecular weight excluding hydrogens is 254 g/mol. The molecule has 0 aromatic carbocycles. The third kappa shape index (κ3) is 3.68. The Morgan fingerprint density at radius 2 is 2.41 bits per heavy atom. The molecule has 2 nitrogen and oxygen atoms in total. The van der Waals surface area contributed by atoms with E-state index in [1.165, 1.54) is 17.7 Å². The monoisotopic (exact) mass is 273 g/mol. The molecule has 0 radical (unpaired) electrons. The zero-order valence-corrected chi connectivity index (χ0v) is 11.8. The highest BCUT2D eigenvalue weighted by molar-refractivity contribution is 7.16. The summed E-state index contributed by atoms with van der Waals surface area (Å²) in [5.41, 5.74) is 0. The number of halogens is 1. The summed E-state index contributed by atoms with van der Waals surface area (Å²) >= 11 is 7.69. The van der Waals surface area contributed by atoms with E-state index in [2.05, 4.69) is 18.3 Å². The normalized spacial score (nSPS) is 22.6. The summed E-state index contributed by atoms with van der Waals surface area (Å²) in [6, 6.07) is 4.41. The first kappa shape index (κ1) is 13.3. The van der Waals surface area contributed by atoms with Crippen molar-refractivity contribution >= 4 is 22.9 Å². The second kappa shape index (κ2) is 6.74. The number of rotatable bonds is 5. The minimum Gasteiger partial charge on any atom is -0.376 e. The molecule has 4 heteroatoms. The Morgan fingerprint density at radius 3 is 3.00 bits per heavy atom. The third-order valence-corrected chi connectivity index (χ3v) is 4.42. The van der Waals surface area contributed by atoms with Gasteiger partial charge >= 0.3 is 0 Å². The molecule has 0 saturated carbocycles. The van der Waals surface area contributed by atoms with Crippen LogP contribution < -0.4 is 5.32 Å². The largest absolute Gasteiger partial charge is 0.376 e. The third-order valence-electron chi connectivity index (χ3n) is 3.10. The lowest BCUT2D eigenvalue weighted by atomic mass is 10.0. The summed E-state index contributed by atoms with van der Waals surface area (Å²) in [5, 5.41) is 3.60. The van der Waals surface area contributed by atoms with Crippen LogP contribution in [0.4, 0.5) is 0 Å². The number of nitrogens with one attached hydrogen (secondary N) is 1. The first-order valence-corrected chi connectivity index (χ1v) is 7.61. The first-order valence-electron chi connectivity index (χ1n) is 6.41. The second-order valence-electron chi connectivity index (χ2n) is 4.48. The highest BCUT2D eigenvalue weighted by Gasteiger charge is 2.26. The zero-order valence-electron chi connectivity index (χ0n) is 10.2. The summed E-state index contributed by atoms with van der Waals surface area (Å²) < 4.78 is 6.76. The SMILES string of the molecule is CCCNC(c1ccc(Cl)s1)C1CCCCO1. The zero-order chi connectivity index (χ0) is 12.1. The van der Waals surface area contributed by atoms with E-state index >= 15 is 0 Å². The summed E-state index contributed by atoms with van der Waals surface area (Å²) in [4.78, 5) is 1.30. The van der Waals surface area contributed by atoms with Crippen molar-refractivity contribution in [1.29, 1.82) is 0 Å². The molecule has 0 spiro atoms. The number of thiophene rings is 1. The highest BCUT2D eigenvalue weighted by Crippen LogP contribution is 2.32. The molecule has 2 heterocycles. The number of ether oxygens (including phenoxy) is 1. The van der Waals surface area contributed by atoms with E-state index in [0.29, 0.717) is 12.1 Å². The van der Waals surface area contributed by atoms with E-state index < -0.39 is 0 Å². The fourth-order valence-electron chi connectivity index (χ4n) is 2.24. The molecule has 2 unspecified atom stereocenters. The fraction of sp³-hybridized carbons (Fsp3) is 0.692. The Balaban J connectivity index is 2.06.